The number of ketones is 1. The fourth-order valence-electron chi connectivity index (χ4n) is 4.13. The van der Waals surface area contributed by atoms with Crippen LogP contribution in [0.5, 0.6) is 0 Å². The van der Waals surface area contributed by atoms with Gasteiger partial charge in [-0.3, -0.25) is 9.36 Å². The van der Waals surface area contributed by atoms with E-state index >= 15 is 0 Å². The summed E-state index contributed by atoms with van der Waals surface area (Å²) in [5.74, 6) is 0.570. The van der Waals surface area contributed by atoms with E-state index in [0.29, 0.717) is 24.0 Å². The predicted octanol–water partition coefficient (Wildman–Crippen LogP) is 1.32. The zero-order chi connectivity index (χ0) is 22.0. The first kappa shape index (κ1) is 21.4. The van der Waals surface area contributed by atoms with Gasteiger partial charge < -0.3 is 20.5 Å². The molecule has 0 unspecified atom stereocenters. The second kappa shape index (κ2) is 9.09. The Morgan fingerprint density at radius 3 is 2.77 bits per heavy atom. The Morgan fingerprint density at radius 1 is 1.29 bits per heavy atom. The normalized spacial score (nSPS) is 22.0. The van der Waals surface area contributed by atoms with E-state index in [-0.39, 0.29) is 31.0 Å². The summed E-state index contributed by atoms with van der Waals surface area (Å²) in [7, 11) is 3.80. The second-order valence-corrected chi connectivity index (χ2v) is 8.19. The number of nitrogens with zero attached hydrogens (tertiary/aromatic N) is 5. The fraction of sp³-hybridized carbons (Fsp3) is 0.455. The highest BCUT2D eigenvalue weighted by molar-refractivity contribution is 5.84. The molecule has 2 aromatic heterocycles. The predicted molar refractivity (Wildman–Crippen MR) is 116 cm³/mol. The van der Waals surface area contributed by atoms with Crippen molar-refractivity contribution in [2.45, 2.75) is 37.6 Å². The minimum atomic E-state index is -0.578. The van der Waals surface area contributed by atoms with Crippen molar-refractivity contribution in [2.75, 3.05) is 25.6 Å². The Kier molecular flexibility index (Phi) is 6.26. The third kappa shape index (κ3) is 4.43. The molecular weight excluding hydrogens is 396 g/mol. The molecule has 9 heteroatoms. The molecule has 1 fully saturated rings. The van der Waals surface area contributed by atoms with Crippen LogP contribution in [0.3, 0.4) is 0 Å². The van der Waals surface area contributed by atoms with E-state index in [2.05, 4.69) is 15.0 Å². The number of aliphatic hydroxyl groups is 1. The number of aliphatic hydroxyl groups excluding tert-OH is 1. The lowest BCUT2D eigenvalue weighted by Crippen LogP contribution is -2.35. The van der Waals surface area contributed by atoms with Crippen LogP contribution in [0.15, 0.2) is 43.0 Å². The lowest BCUT2D eigenvalue weighted by atomic mass is 9.91. The molecule has 3 aromatic rings. The van der Waals surface area contributed by atoms with Gasteiger partial charge >= 0.3 is 0 Å². The molecule has 3 N–H and O–H groups in total. The summed E-state index contributed by atoms with van der Waals surface area (Å²) < 4.78 is 7.93. The number of anilines is 1. The summed E-state index contributed by atoms with van der Waals surface area (Å²) in [5, 5.41) is 9.84. The van der Waals surface area contributed by atoms with Crippen molar-refractivity contribution < 1.29 is 14.6 Å². The van der Waals surface area contributed by atoms with Crippen LogP contribution in [0.2, 0.25) is 0 Å². The Balaban J connectivity index is 1.47. The number of nitrogens with two attached hydrogens (primary N) is 1. The number of ether oxygens (including phenoxy) is 1. The largest absolute Gasteiger partial charge is 0.394 e. The third-order valence-corrected chi connectivity index (χ3v) is 5.79. The van der Waals surface area contributed by atoms with Gasteiger partial charge in [0.1, 0.15) is 18.3 Å². The first-order valence-electron chi connectivity index (χ1n) is 10.4. The van der Waals surface area contributed by atoms with Crippen LogP contribution < -0.4 is 10.6 Å². The molecule has 1 aliphatic rings. The lowest BCUT2D eigenvalue weighted by Gasteiger charge is -2.17. The maximum atomic E-state index is 12.8. The van der Waals surface area contributed by atoms with Gasteiger partial charge in [-0.25, -0.2) is 15.0 Å². The molecule has 0 radical (unpaired) electrons. The average molecular weight is 425 g/mol. The van der Waals surface area contributed by atoms with E-state index in [0.717, 1.165) is 11.4 Å². The number of imidazole rings is 1. The molecule has 1 saturated heterocycles. The van der Waals surface area contributed by atoms with Crippen LogP contribution in [0.25, 0.3) is 11.2 Å². The second-order valence-electron chi connectivity index (χ2n) is 8.19. The van der Waals surface area contributed by atoms with Gasteiger partial charge in [0.25, 0.3) is 0 Å². The first-order valence-corrected chi connectivity index (χ1v) is 10.4. The van der Waals surface area contributed by atoms with Gasteiger partial charge in [-0.15, -0.1) is 0 Å². The number of aromatic nitrogens is 4. The molecule has 164 valence electrons. The maximum Gasteiger partial charge on any atom is 0.167 e. The van der Waals surface area contributed by atoms with Crippen molar-refractivity contribution in [2.24, 2.45) is 11.7 Å². The van der Waals surface area contributed by atoms with Gasteiger partial charge in [0, 0.05) is 20.5 Å². The van der Waals surface area contributed by atoms with Crippen LogP contribution in [0.4, 0.5) is 5.82 Å². The molecule has 4 atom stereocenters. The number of hydrogen-bond acceptors (Lipinski definition) is 8. The number of rotatable bonds is 8. The standard InChI is InChI=1S/C22H28N6O3/c1-27(2)21-20-22(25-12-24-21)28(13-26-20)19-10-15(18(11-29)31-19)9-17(30)16(23)8-14-6-4-3-5-7-14/h3-7,12-13,15-16,18-19,29H,8-11,23H2,1-2H3/t15-,16+,18-,19-/m1/s1. The minimum Gasteiger partial charge on any atom is -0.394 e. The van der Waals surface area contributed by atoms with Gasteiger partial charge in [-0.05, 0) is 24.3 Å². The average Bonchev–Trinajstić information content (AvgIpc) is 3.37. The number of Topliss-reactive ketones (excluding diaryl/α,β-unsaturated/α-hetero) is 1. The van der Waals surface area contributed by atoms with Crippen molar-refractivity contribution in [3.8, 4) is 0 Å². The van der Waals surface area contributed by atoms with Gasteiger partial charge in [-0.2, -0.15) is 0 Å². The Hall–Kier alpha value is -2.88. The molecule has 1 aliphatic heterocycles. The van der Waals surface area contributed by atoms with Gasteiger partial charge in [0.15, 0.2) is 17.0 Å². The highest BCUT2D eigenvalue weighted by Gasteiger charge is 2.38. The molecule has 9 nitrogen and oxygen atoms in total. The monoisotopic (exact) mass is 424 g/mol. The molecule has 0 spiro atoms. The van der Waals surface area contributed by atoms with E-state index in [1.807, 2.05) is 53.9 Å². The van der Waals surface area contributed by atoms with Crippen molar-refractivity contribution in [1.82, 2.24) is 19.5 Å². The van der Waals surface area contributed by atoms with Gasteiger partial charge in [0.2, 0.25) is 0 Å². The highest BCUT2D eigenvalue weighted by Crippen LogP contribution is 2.37. The summed E-state index contributed by atoms with van der Waals surface area (Å²) >= 11 is 0. The van der Waals surface area contributed by atoms with Gasteiger partial charge in [-0.1, -0.05) is 30.3 Å². The molecule has 3 heterocycles. The molecule has 0 saturated carbocycles. The minimum absolute atomic E-state index is 0.0238. The summed E-state index contributed by atoms with van der Waals surface area (Å²) in [6.07, 6.45) is 3.70. The van der Waals surface area contributed by atoms with Crippen LogP contribution in [0.1, 0.15) is 24.6 Å². The topological polar surface area (TPSA) is 119 Å². The molecule has 1 aromatic carbocycles. The zero-order valence-electron chi connectivity index (χ0n) is 17.8. The summed E-state index contributed by atoms with van der Waals surface area (Å²) in [4.78, 5) is 27.8. The molecule has 0 aliphatic carbocycles. The lowest BCUT2D eigenvalue weighted by molar-refractivity contribution is -0.122. The summed E-state index contributed by atoms with van der Waals surface area (Å²) in [6, 6.07) is 9.16. The third-order valence-electron chi connectivity index (χ3n) is 5.79. The summed E-state index contributed by atoms with van der Waals surface area (Å²) in [5.41, 5.74) is 8.55. The van der Waals surface area contributed by atoms with Crippen molar-refractivity contribution >= 4 is 22.8 Å². The number of fused-ring (bicyclic) bond motifs is 1. The van der Waals surface area contributed by atoms with Crippen LogP contribution in [-0.2, 0) is 16.0 Å². The number of benzene rings is 1. The van der Waals surface area contributed by atoms with Gasteiger partial charge in [0.05, 0.1) is 25.1 Å². The summed E-state index contributed by atoms with van der Waals surface area (Å²) in [6.45, 7) is -0.160. The van der Waals surface area contributed by atoms with E-state index < -0.39 is 12.1 Å². The number of hydrogen-bond donors (Lipinski definition) is 2. The maximum absolute atomic E-state index is 12.8. The Labute approximate surface area is 180 Å². The zero-order valence-corrected chi connectivity index (χ0v) is 17.8. The highest BCUT2D eigenvalue weighted by atomic mass is 16.5. The Bertz CT molecular complexity index is 1040. The van der Waals surface area contributed by atoms with Crippen LogP contribution in [0, 0.1) is 5.92 Å². The SMILES string of the molecule is CN(C)c1ncnc2c1ncn2[C@H]1C[C@@H](CC(=O)[C@@H](N)Cc2ccccc2)[C@@H](CO)O1. The van der Waals surface area contributed by atoms with E-state index in [9.17, 15) is 9.90 Å². The smallest absolute Gasteiger partial charge is 0.167 e. The Morgan fingerprint density at radius 2 is 2.06 bits per heavy atom. The van der Waals surface area contributed by atoms with Crippen molar-refractivity contribution in [1.29, 1.82) is 0 Å². The van der Waals surface area contributed by atoms with Crippen LogP contribution in [-0.4, -0.2) is 63.3 Å². The quantitative estimate of drug-likeness (QED) is 0.556. The van der Waals surface area contributed by atoms with E-state index in [1.165, 1.54) is 6.33 Å². The fourth-order valence-corrected chi connectivity index (χ4v) is 4.13. The van der Waals surface area contributed by atoms with Crippen LogP contribution >= 0.6 is 0 Å². The number of carbonyl (C=O) groups excluding carboxylic acids is 1. The number of carbonyl (C=O) groups is 1. The molecule has 0 bridgehead atoms. The first-order chi connectivity index (χ1) is 15.0. The molecular formula is C22H28N6O3. The van der Waals surface area contributed by atoms with Crippen molar-refractivity contribution in [3.05, 3.63) is 48.5 Å². The van der Waals surface area contributed by atoms with E-state index in [1.54, 1.807) is 6.33 Å². The molecule has 4 rings (SSSR count). The molecule has 0 amide bonds. The molecule has 31 heavy (non-hydrogen) atoms. The van der Waals surface area contributed by atoms with Crippen molar-refractivity contribution in [3.63, 3.8) is 0 Å². The van der Waals surface area contributed by atoms with E-state index in [4.69, 9.17) is 10.5 Å².